The molecule has 1 amide bonds. The molecule has 0 bridgehead atoms. The Bertz CT molecular complexity index is 725. The third-order valence-corrected chi connectivity index (χ3v) is 4.82. The summed E-state index contributed by atoms with van der Waals surface area (Å²) < 4.78 is 10.6. The zero-order valence-electron chi connectivity index (χ0n) is 15.4. The number of nitrogens with zero attached hydrogens (tertiary/aromatic N) is 1. The van der Waals surface area contributed by atoms with Gasteiger partial charge < -0.3 is 19.7 Å². The van der Waals surface area contributed by atoms with Crippen LogP contribution in [0, 0.1) is 0 Å². The van der Waals surface area contributed by atoms with Gasteiger partial charge in [0.25, 0.3) is 0 Å². The molecular formula is C21H26N2O3. The Labute approximate surface area is 154 Å². The summed E-state index contributed by atoms with van der Waals surface area (Å²) >= 11 is 0. The first kappa shape index (κ1) is 18.1. The van der Waals surface area contributed by atoms with Crippen molar-refractivity contribution in [3.8, 4) is 11.5 Å². The molecule has 138 valence electrons. The number of carbonyl (C=O) groups is 1. The standard InChI is InChI=1S/C21H26N2O3/c1-25-19-8-9-20(26-2)16(14-19)15-21(24)22-17-10-12-23(13-11-17)18-6-4-3-5-7-18/h3-9,14,17H,10-13,15H2,1-2H3,(H,22,24). The van der Waals surface area contributed by atoms with Crippen molar-refractivity contribution in [2.45, 2.75) is 25.3 Å². The highest BCUT2D eigenvalue weighted by molar-refractivity contribution is 5.79. The van der Waals surface area contributed by atoms with Gasteiger partial charge in [-0.1, -0.05) is 18.2 Å². The number of hydrogen-bond donors (Lipinski definition) is 1. The van der Waals surface area contributed by atoms with Gasteiger partial charge in [-0.05, 0) is 43.2 Å². The van der Waals surface area contributed by atoms with Crippen molar-refractivity contribution in [2.24, 2.45) is 0 Å². The van der Waals surface area contributed by atoms with Gasteiger partial charge in [0.15, 0.2) is 0 Å². The number of benzene rings is 2. The number of hydrogen-bond acceptors (Lipinski definition) is 4. The number of nitrogens with one attached hydrogen (secondary N) is 1. The summed E-state index contributed by atoms with van der Waals surface area (Å²) in [7, 11) is 3.23. The van der Waals surface area contributed by atoms with E-state index in [1.807, 2.05) is 24.3 Å². The molecule has 0 unspecified atom stereocenters. The van der Waals surface area contributed by atoms with Gasteiger partial charge in [0, 0.05) is 30.4 Å². The second kappa shape index (κ2) is 8.61. The molecule has 1 N–H and O–H groups in total. The lowest BCUT2D eigenvalue weighted by molar-refractivity contribution is -0.121. The van der Waals surface area contributed by atoms with E-state index in [2.05, 4.69) is 34.5 Å². The van der Waals surface area contributed by atoms with Crippen molar-refractivity contribution < 1.29 is 14.3 Å². The molecule has 1 fully saturated rings. The predicted octanol–water partition coefficient (Wildman–Crippen LogP) is 3.03. The van der Waals surface area contributed by atoms with Crippen molar-refractivity contribution in [3.63, 3.8) is 0 Å². The highest BCUT2D eigenvalue weighted by Gasteiger charge is 2.21. The number of methoxy groups -OCH3 is 2. The van der Waals surface area contributed by atoms with Gasteiger partial charge in [-0.3, -0.25) is 4.79 Å². The molecule has 0 atom stereocenters. The van der Waals surface area contributed by atoms with Crippen LogP contribution in [0.3, 0.4) is 0 Å². The summed E-state index contributed by atoms with van der Waals surface area (Å²) in [6.07, 6.45) is 2.20. The van der Waals surface area contributed by atoms with Crippen LogP contribution in [-0.4, -0.2) is 39.3 Å². The maximum atomic E-state index is 12.5. The molecule has 2 aromatic rings. The fourth-order valence-electron chi connectivity index (χ4n) is 3.39. The van der Waals surface area contributed by atoms with Crippen molar-refractivity contribution >= 4 is 11.6 Å². The average Bonchev–Trinajstić information content (AvgIpc) is 2.69. The molecule has 3 rings (SSSR count). The molecule has 1 aliphatic heterocycles. The smallest absolute Gasteiger partial charge is 0.224 e. The predicted molar refractivity (Wildman–Crippen MR) is 103 cm³/mol. The Morgan fingerprint density at radius 1 is 1.08 bits per heavy atom. The van der Waals surface area contributed by atoms with Crippen molar-refractivity contribution in [1.29, 1.82) is 0 Å². The summed E-state index contributed by atoms with van der Waals surface area (Å²) in [4.78, 5) is 14.8. The molecule has 0 spiro atoms. The molecule has 26 heavy (non-hydrogen) atoms. The Kier molecular flexibility index (Phi) is 6.00. The zero-order valence-corrected chi connectivity index (χ0v) is 15.4. The second-order valence-corrected chi connectivity index (χ2v) is 6.52. The molecule has 0 aromatic heterocycles. The van der Waals surface area contributed by atoms with Crippen LogP contribution >= 0.6 is 0 Å². The minimum Gasteiger partial charge on any atom is -0.497 e. The van der Waals surface area contributed by atoms with Gasteiger partial charge in [0.2, 0.25) is 5.91 Å². The molecule has 0 radical (unpaired) electrons. The van der Waals surface area contributed by atoms with E-state index in [9.17, 15) is 4.79 Å². The van der Waals surface area contributed by atoms with E-state index in [0.717, 1.165) is 37.2 Å². The summed E-state index contributed by atoms with van der Waals surface area (Å²) in [5, 5.41) is 3.17. The first-order chi connectivity index (χ1) is 12.7. The number of amides is 1. The largest absolute Gasteiger partial charge is 0.497 e. The third kappa shape index (κ3) is 4.48. The van der Waals surface area contributed by atoms with E-state index >= 15 is 0 Å². The lowest BCUT2D eigenvalue weighted by Crippen LogP contribution is -2.45. The van der Waals surface area contributed by atoms with Gasteiger partial charge >= 0.3 is 0 Å². The first-order valence-electron chi connectivity index (χ1n) is 9.00. The van der Waals surface area contributed by atoms with Gasteiger partial charge in [-0.15, -0.1) is 0 Å². The van der Waals surface area contributed by atoms with Crippen LogP contribution in [0.2, 0.25) is 0 Å². The topological polar surface area (TPSA) is 50.8 Å². The van der Waals surface area contributed by atoms with Crippen LogP contribution in [0.1, 0.15) is 18.4 Å². The van der Waals surface area contributed by atoms with E-state index in [1.165, 1.54) is 5.69 Å². The van der Waals surface area contributed by atoms with Gasteiger partial charge in [-0.25, -0.2) is 0 Å². The molecule has 1 aliphatic rings. The fourth-order valence-corrected chi connectivity index (χ4v) is 3.39. The Balaban J connectivity index is 1.53. The lowest BCUT2D eigenvalue weighted by atomic mass is 10.0. The summed E-state index contributed by atoms with van der Waals surface area (Å²) in [5.74, 6) is 1.46. The monoisotopic (exact) mass is 354 g/mol. The average molecular weight is 354 g/mol. The maximum Gasteiger partial charge on any atom is 0.224 e. The fraction of sp³-hybridized carbons (Fsp3) is 0.381. The SMILES string of the molecule is COc1ccc(OC)c(CC(=O)NC2CCN(c3ccccc3)CC2)c1. The number of rotatable bonds is 6. The second-order valence-electron chi connectivity index (χ2n) is 6.52. The van der Waals surface area contributed by atoms with Crippen molar-refractivity contribution in [2.75, 3.05) is 32.2 Å². The molecule has 1 heterocycles. The molecule has 5 nitrogen and oxygen atoms in total. The molecule has 1 saturated heterocycles. The van der Waals surface area contributed by atoms with E-state index in [1.54, 1.807) is 14.2 Å². The van der Waals surface area contributed by atoms with E-state index in [4.69, 9.17) is 9.47 Å². The molecular weight excluding hydrogens is 328 g/mol. The zero-order chi connectivity index (χ0) is 18.4. The van der Waals surface area contributed by atoms with Crippen LogP contribution in [0.15, 0.2) is 48.5 Å². The van der Waals surface area contributed by atoms with Crippen molar-refractivity contribution in [3.05, 3.63) is 54.1 Å². The Morgan fingerprint density at radius 3 is 2.46 bits per heavy atom. The summed E-state index contributed by atoms with van der Waals surface area (Å²) in [6, 6.07) is 16.2. The van der Waals surface area contributed by atoms with Gasteiger partial charge in [0.1, 0.15) is 11.5 Å². The number of ether oxygens (including phenoxy) is 2. The number of para-hydroxylation sites is 1. The van der Waals surface area contributed by atoms with E-state index in [-0.39, 0.29) is 11.9 Å². The Hall–Kier alpha value is -2.69. The third-order valence-electron chi connectivity index (χ3n) is 4.82. The minimum absolute atomic E-state index is 0.0229. The van der Waals surface area contributed by atoms with Crippen molar-refractivity contribution in [1.82, 2.24) is 5.32 Å². The first-order valence-corrected chi connectivity index (χ1v) is 9.00. The van der Waals surface area contributed by atoms with Crippen LogP contribution in [0.4, 0.5) is 5.69 Å². The number of carbonyl (C=O) groups excluding carboxylic acids is 1. The van der Waals surface area contributed by atoms with Gasteiger partial charge in [-0.2, -0.15) is 0 Å². The summed E-state index contributed by atoms with van der Waals surface area (Å²) in [6.45, 7) is 1.91. The van der Waals surface area contributed by atoms with E-state index in [0.29, 0.717) is 12.2 Å². The summed E-state index contributed by atoms with van der Waals surface area (Å²) in [5.41, 5.74) is 2.09. The molecule has 0 aliphatic carbocycles. The highest BCUT2D eigenvalue weighted by Crippen LogP contribution is 2.25. The van der Waals surface area contributed by atoms with Crippen LogP contribution < -0.4 is 19.7 Å². The number of piperidine rings is 1. The van der Waals surface area contributed by atoms with Crippen LogP contribution in [0.25, 0.3) is 0 Å². The Morgan fingerprint density at radius 2 is 1.81 bits per heavy atom. The van der Waals surface area contributed by atoms with Gasteiger partial charge in [0.05, 0.1) is 20.6 Å². The lowest BCUT2D eigenvalue weighted by Gasteiger charge is -2.34. The maximum absolute atomic E-state index is 12.5. The van der Waals surface area contributed by atoms with Crippen LogP contribution in [0.5, 0.6) is 11.5 Å². The number of anilines is 1. The quantitative estimate of drug-likeness (QED) is 0.866. The normalized spacial score (nSPS) is 14.8. The molecule has 5 heteroatoms. The highest BCUT2D eigenvalue weighted by atomic mass is 16.5. The minimum atomic E-state index is 0.0229. The van der Waals surface area contributed by atoms with E-state index < -0.39 is 0 Å². The molecule has 2 aromatic carbocycles. The molecule has 0 saturated carbocycles. The van der Waals surface area contributed by atoms with Crippen LogP contribution in [-0.2, 0) is 11.2 Å².